The molecule has 0 unspecified atom stereocenters. The lowest BCUT2D eigenvalue weighted by Crippen LogP contribution is -2.36. The first-order chi connectivity index (χ1) is 6.72. The molecule has 2 heteroatoms. The standard InChI is InChI=1S/C12H28N2/c1-4-5-6-7-8-10-14(11-9-13)12(2)3/h12H,4-11,13H2,1-3H3. The van der Waals surface area contributed by atoms with E-state index in [1.807, 2.05) is 0 Å². The average Bonchev–Trinajstić information content (AvgIpc) is 2.15. The van der Waals surface area contributed by atoms with Gasteiger partial charge in [-0.15, -0.1) is 0 Å². The number of hydrogen-bond donors (Lipinski definition) is 1. The molecule has 0 aromatic heterocycles. The molecule has 0 aromatic carbocycles. The van der Waals surface area contributed by atoms with Crippen LogP contribution in [0.5, 0.6) is 0 Å². The minimum absolute atomic E-state index is 0.643. The van der Waals surface area contributed by atoms with E-state index in [4.69, 9.17) is 5.73 Å². The maximum Gasteiger partial charge on any atom is 0.0107 e. The van der Waals surface area contributed by atoms with Crippen LogP contribution >= 0.6 is 0 Å². The van der Waals surface area contributed by atoms with E-state index >= 15 is 0 Å². The average molecular weight is 200 g/mol. The highest BCUT2D eigenvalue weighted by Gasteiger charge is 2.06. The third-order valence-electron chi connectivity index (χ3n) is 2.70. The van der Waals surface area contributed by atoms with E-state index in [1.165, 1.54) is 38.6 Å². The van der Waals surface area contributed by atoms with E-state index in [2.05, 4.69) is 25.7 Å². The van der Waals surface area contributed by atoms with Crippen molar-refractivity contribution < 1.29 is 0 Å². The Labute approximate surface area is 89.9 Å². The first kappa shape index (κ1) is 13.9. The van der Waals surface area contributed by atoms with Gasteiger partial charge < -0.3 is 5.73 Å². The fourth-order valence-electron chi connectivity index (χ4n) is 1.71. The molecule has 0 heterocycles. The van der Waals surface area contributed by atoms with E-state index in [0.717, 1.165) is 13.1 Å². The molecular formula is C12H28N2. The topological polar surface area (TPSA) is 29.3 Å². The summed E-state index contributed by atoms with van der Waals surface area (Å²) < 4.78 is 0. The van der Waals surface area contributed by atoms with Crippen molar-refractivity contribution in [3.05, 3.63) is 0 Å². The molecule has 0 amide bonds. The minimum atomic E-state index is 0.643. The maximum absolute atomic E-state index is 5.58. The molecule has 0 aromatic rings. The highest BCUT2D eigenvalue weighted by Crippen LogP contribution is 2.05. The van der Waals surface area contributed by atoms with Crippen molar-refractivity contribution in [2.24, 2.45) is 5.73 Å². The summed E-state index contributed by atoms with van der Waals surface area (Å²) in [6.45, 7) is 9.81. The van der Waals surface area contributed by atoms with Crippen molar-refractivity contribution in [2.75, 3.05) is 19.6 Å². The normalized spacial score (nSPS) is 11.6. The van der Waals surface area contributed by atoms with Crippen molar-refractivity contribution in [1.29, 1.82) is 0 Å². The summed E-state index contributed by atoms with van der Waals surface area (Å²) in [6, 6.07) is 0.643. The van der Waals surface area contributed by atoms with Crippen molar-refractivity contribution in [3.63, 3.8) is 0 Å². The fraction of sp³-hybridized carbons (Fsp3) is 1.00. The molecule has 0 aliphatic heterocycles. The smallest absolute Gasteiger partial charge is 0.0107 e. The van der Waals surface area contributed by atoms with Gasteiger partial charge in [-0.1, -0.05) is 32.6 Å². The van der Waals surface area contributed by atoms with Gasteiger partial charge in [0.05, 0.1) is 0 Å². The molecule has 0 atom stereocenters. The van der Waals surface area contributed by atoms with Crippen LogP contribution in [-0.4, -0.2) is 30.6 Å². The summed E-state index contributed by atoms with van der Waals surface area (Å²) in [5, 5.41) is 0. The zero-order valence-electron chi connectivity index (χ0n) is 10.3. The highest BCUT2D eigenvalue weighted by atomic mass is 15.1. The van der Waals surface area contributed by atoms with Gasteiger partial charge in [0.25, 0.3) is 0 Å². The van der Waals surface area contributed by atoms with E-state index in [-0.39, 0.29) is 0 Å². The van der Waals surface area contributed by atoms with Crippen LogP contribution < -0.4 is 5.73 Å². The number of nitrogens with two attached hydrogens (primary N) is 1. The van der Waals surface area contributed by atoms with E-state index in [0.29, 0.717) is 6.04 Å². The molecule has 14 heavy (non-hydrogen) atoms. The Balaban J connectivity index is 3.41. The number of hydrogen-bond acceptors (Lipinski definition) is 2. The molecule has 86 valence electrons. The van der Waals surface area contributed by atoms with Gasteiger partial charge in [-0.05, 0) is 26.8 Å². The predicted molar refractivity (Wildman–Crippen MR) is 64.5 cm³/mol. The second kappa shape index (κ2) is 9.47. The Hall–Kier alpha value is -0.0800. The number of nitrogens with zero attached hydrogens (tertiary/aromatic N) is 1. The summed E-state index contributed by atoms with van der Waals surface area (Å²) in [5.74, 6) is 0. The largest absolute Gasteiger partial charge is 0.329 e. The Morgan fingerprint density at radius 3 is 2.14 bits per heavy atom. The van der Waals surface area contributed by atoms with Crippen molar-refractivity contribution in [1.82, 2.24) is 4.90 Å². The molecule has 0 radical (unpaired) electrons. The van der Waals surface area contributed by atoms with Gasteiger partial charge in [0, 0.05) is 19.1 Å². The van der Waals surface area contributed by atoms with Crippen LogP contribution in [0, 0.1) is 0 Å². The number of unbranched alkanes of at least 4 members (excludes halogenated alkanes) is 4. The Morgan fingerprint density at radius 1 is 1.00 bits per heavy atom. The van der Waals surface area contributed by atoms with Crippen LogP contribution in [0.2, 0.25) is 0 Å². The predicted octanol–water partition coefficient (Wildman–Crippen LogP) is 2.63. The molecule has 0 saturated carbocycles. The van der Waals surface area contributed by atoms with Gasteiger partial charge in [0.2, 0.25) is 0 Å². The Morgan fingerprint density at radius 2 is 1.64 bits per heavy atom. The SMILES string of the molecule is CCCCCCCN(CCN)C(C)C. The second-order valence-electron chi connectivity index (χ2n) is 4.33. The Bertz CT molecular complexity index is 113. The van der Waals surface area contributed by atoms with Crippen molar-refractivity contribution in [3.8, 4) is 0 Å². The maximum atomic E-state index is 5.58. The molecule has 0 aliphatic rings. The van der Waals surface area contributed by atoms with Crippen LogP contribution in [-0.2, 0) is 0 Å². The van der Waals surface area contributed by atoms with Gasteiger partial charge in [-0.3, -0.25) is 4.90 Å². The summed E-state index contributed by atoms with van der Waals surface area (Å²) in [5.41, 5.74) is 5.58. The van der Waals surface area contributed by atoms with Crippen molar-refractivity contribution >= 4 is 0 Å². The van der Waals surface area contributed by atoms with Gasteiger partial charge in [-0.25, -0.2) is 0 Å². The fourth-order valence-corrected chi connectivity index (χ4v) is 1.71. The summed E-state index contributed by atoms with van der Waals surface area (Å²) in [7, 11) is 0. The Kier molecular flexibility index (Phi) is 9.42. The zero-order chi connectivity index (χ0) is 10.8. The van der Waals surface area contributed by atoms with Gasteiger partial charge in [-0.2, -0.15) is 0 Å². The number of rotatable bonds is 9. The van der Waals surface area contributed by atoms with E-state index in [9.17, 15) is 0 Å². The van der Waals surface area contributed by atoms with Crippen LogP contribution in [0.3, 0.4) is 0 Å². The molecule has 2 nitrogen and oxygen atoms in total. The van der Waals surface area contributed by atoms with E-state index < -0.39 is 0 Å². The molecular weight excluding hydrogens is 172 g/mol. The summed E-state index contributed by atoms with van der Waals surface area (Å²) in [6.07, 6.45) is 6.82. The lowest BCUT2D eigenvalue weighted by molar-refractivity contribution is 0.223. The molecule has 2 N–H and O–H groups in total. The van der Waals surface area contributed by atoms with Gasteiger partial charge in [0.1, 0.15) is 0 Å². The van der Waals surface area contributed by atoms with Gasteiger partial charge in [0.15, 0.2) is 0 Å². The third kappa shape index (κ3) is 7.34. The van der Waals surface area contributed by atoms with Crippen LogP contribution in [0.1, 0.15) is 52.9 Å². The lowest BCUT2D eigenvalue weighted by Gasteiger charge is -2.25. The van der Waals surface area contributed by atoms with Crippen LogP contribution in [0.25, 0.3) is 0 Å². The quantitative estimate of drug-likeness (QED) is 0.580. The van der Waals surface area contributed by atoms with Crippen molar-refractivity contribution in [2.45, 2.75) is 58.9 Å². The molecule has 0 rings (SSSR count). The first-order valence-corrected chi connectivity index (χ1v) is 6.16. The monoisotopic (exact) mass is 200 g/mol. The first-order valence-electron chi connectivity index (χ1n) is 6.16. The zero-order valence-corrected chi connectivity index (χ0v) is 10.3. The van der Waals surface area contributed by atoms with Gasteiger partial charge >= 0.3 is 0 Å². The second-order valence-corrected chi connectivity index (χ2v) is 4.33. The summed E-state index contributed by atoms with van der Waals surface area (Å²) in [4.78, 5) is 2.48. The molecule has 0 aliphatic carbocycles. The highest BCUT2D eigenvalue weighted by molar-refractivity contribution is 4.63. The van der Waals surface area contributed by atoms with Crippen LogP contribution in [0.4, 0.5) is 0 Å². The molecule has 0 saturated heterocycles. The third-order valence-corrected chi connectivity index (χ3v) is 2.70. The lowest BCUT2D eigenvalue weighted by atomic mass is 10.1. The molecule has 0 fully saturated rings. The van der Waals surface area contributed by atoms with E-state index in [1.54, 1.807) is 0 Å². The molecule has 0 spiro atoms. The minimum Gasteiger partial charge on any atom is -0.329 e. The van der Waals surface area contributed by atoms with Crippen LogP contribution in [0.15, 0.2) is 0 Å². The molecule has 0 bridgehead atoms. The summed E-state index contributed by atoms with van der Waals surface area (Å²) >= 11 is 0.